The summed E-state index contributed by atoms with van der Waals surface area (Å²) < 4.78 is 78.2. The van der Waals surface area contributed by atoms with Crippen molar-refractivity contribution in [3.8, 4) is 5.75 Å². The topological polar surface area (TPSA) is 70.9 Å². The fourth-order valence-corrected chi connectivity index (χ4v) is 3.00. The number of halogens is 6. The lowest BCUT2D eigenvalue weighted by Gasteiger charge is -2.15. The molecule has 0 unspecified atom stereocenters. The second-order valence-corrected chi connectivity index (χ2v) is 7.35. The summed E-state index contributed by atoms with van der Waals surface area (Å²) in [6, 6.07) is 13.8. The Balaban J connectivity index is 1.73. The minimum atomic E-state index is -5.06. The number of nitrogens with one attached hydrogen (secondary N) is 1. The molecule has 0 aliphatic carbocycles. The van der Waals surface area contributed by atoms with E-state index in [9.17, 15) is 36.2 Å². The summed E-state index contributed by atoms with van der Waals surface area (Å²) in [4.78, 5) is 17.7. The third-order valence-corrected chi connectivity index (χ3v) is 4.70. The van der Waals surface area contributed by atoms with E-state index in [1.54, 1.807) is 0 Å². The molecule has 0 atom stereocenters. The summed E-state index contributed by atoms with van der Waals surface area (Å²) in [5.41, 5.74) is -2.83. The van der Waals surface area contributed by atoms with Gasteiger partial charge in [0.2, 0.25) is 0 Å². The molecule has 0 spiro atoms. The van der Waals surface area contributed by atoms with Crippen molar-refractivity contribution in [1.29, 1.82) is 0 Å². The Bertz CT molecular complexity index is 1180. The third kappa shape index (κ3) is 7.23. The molecule has 184 valence electrons. The molecule has 0 saturated heterocycles. The van der Waals surface area contributed by atoms with Crippen LogP contribution in [0.15, 0.2) is 71.9 Å². The standard InChI is InChI=1S/C24H18F6N2O3/c25-23(26,27)17-11-18(24(28,29)30)13-19(12-17)32-22(34)20-10-15(6-7-21(20)33)8-9-31-35-14-16-4-2-1-3-5-16/h1-7,9-13,33H,8,14H2,(H,32,34). The Morgan fingerprint density at radius 3 is 2.11 bits per heavy atom. The van der Waals surface area contributed by atoms with E-state index >= 15 is 0 Å². The Labute approximate surface area is 195 Å². The van der Waals surface area contributed by atoms with Crippen molar-refractivity contribution in [3.63, 3.8) is 0 Å². The number of alkyl halides is 6. The number of nitrogens with zero attached hydrogens (tertiary/aromatic N) is 1. The maximum Gasteiger partial charge on any atom is 0.416 e. The van der Waals surface area contributed by atoms with E-state index in [0.717, 1.165) is 5.56 Å². The lowest BCUT2D eigenvalue weighted by molar-refractivity contribution is -0.143. The number of oxime groups is 1. The van der Waals surface area contributed by atoms with Crippen molar-refractivity contribution < 1.29 is 41.1 Å². The zero-order valence-corrected chi connectivity index (χ0v) is 17.8. The number of carbonyl (C=O) groups is 1. The van der Waals surface area contributed by atoms with Gasteiger partial charge in [0.1, 0.15) is 12.4 Å². The van der Waals surface area contributed by atoms with Crippen molar-refractivity contribution in [2.45, 2.75) is 25.4 Å². The summed E-state index contributed by atoms with van der Waals surface area (Å²) in [5.74, 6) is -1.60. The molecule has 5 nitrogen and oxygen atoms in total. The molecule has 0 bridgehead atoms. The fraction of sp³-hybridized carbons (Fsp3) is 0.167. The second kappa shape index (κ2) is 10.5. The van der Waals surface area contributed by atoms with Crippen molar-refractivity contribution >= 4 is 17.8 Å². The van der Waals surface area contributed by atoms with Gasteiger partial charge in [-0.15, -0.1) is 0 Å². The summed E-state index contributed by atoms with van der Waals surface area (Å²) in [7, 11) is 0. The van der Waals surface area contributed by atoms with E-state index in [1.165, 1.54) is 24.4 Å². The number of rotatable bonds is 7. The number of hydrogen-bond donors (Lipinski definition) is 2. The molecule has 3 rings (SSSR count). The van der Waals surface area contributed by atoms with Crippen LogP contribution in [0.2, 0.25) is 0 Å². The summed E-state index contributed by atoms with van der Waals surface area (Å²) in [5, 5.41) is 15.8. The van der Waals surface area contributed by atoms with Gasteiger partial charge in [-0.3, -0.25) is 4.79 Å². The average molecular weight is 496 g/mol. The minimum Gasteiger partial charge on any atom is -0.507 e. The highest BCUT2D eigenvalue weighted by atomic mass is 19.4. The highest BCUT2D eigenvalue weighted by Gasteiger charge is 2.37. The molecule has 2 N–H and O–H groups in total. The monoisotopic (exact) mass is 496 g/mol. The Morgan fingerprint density at radius 2 is 1.51 bits per heavy atom. The van der Waals surface area contributed by atoms with Gasteiger partial charge in [0, 0.05) is 18.3 Å². The van der Waals surface area contributed by atoms with Gasteiger partial charge < -0.3 is 15.3 Å². The smallest absolute Gasteiger partial charge is 0.416 e. The van der Waals surface area contributed by atoms with E-state index in [0.29, 0.717) is 17.7 Å². The van der Waals surface area contributed by atoms with E-state index in [1.807, 2.05) is 35.6 Å². The Hall–Kier alpha value is -4.02. The van der Waals surface area contributed by atoms with Crippen molar-refractivity contribution in [2.24, 2.45) is 5.16 Å². The molecule has 0 radical (unpaired) electrons. The van der Waals surface area contributed by atoms with Crippen LogP contribution in [0.4, 0.5) is 32.0 Å². The molecule has 0 aliphatic rings. The fourth-order valence-electron chi connectivity index (χ4n) is 3.00. The minimum absolute atomic E-state index is 0.0487. The zero-order chi connectivity index (χ0) is 25.6. The molecule has 0 aromatic heterocycles. The van der Waals surface area contributed by atoms with Gasteiger partial charge >= 0.3 is 12.4 Å². The molecule has 0 fully saturated rings. The first kappa shape index (κ1) is 25.6. The first-order valence-electron chi connectivity index (χ1n) is 10.0. The number of phenols is 1. The van der Waals surface area contributed by atoms with Gasteiger partial charge in [0.05, 0.1) is 16.7 Å². The van der Waals surface area contributed by atoms with Crippen molar-refractivity contribution in [2.75, 3.05) is 5.32 Å². The van der Waals surface area contributed by atoms with Crippen molar-refractivity contribution in [1.82, 2.24) is 0 Å². The van der Waals surface area contributed by atoms with Crippen LogP contribution >= 0.6 is 0 Å². The lowest BCUT2D eigenvalue weighted by atomic mass is 10.1. The predicted octanol–water partition coefficient (Wildman–Crippen LogP) is 6.43. The molecule has 35 heavy (non-hydrogen) atoms. The predicted molar refractivity (Wildman–Crippen MR) is 116 cm³/mol. The Morgan fingerprint density at radius 1 is 0.886 bits per heavy atom. The highest BCUT2D eigenvalue weighted by Crippen LogP contribution is 2.37. The number of phenolic OH excluding ortho intramolecular Hbond substituents is 1. The van der Waals surface area contributed by atoms with Gasteiger partial charge in [-0.1, -0.05) is 41.6 Å². The number of aromatic hydroxyl groups is 1. The van der Waals surface area contributed by atoms with E-state index < -0.39 is 40.8 Å². The molecule has 11 heteroatoms. The first-order valence-corrected chi connectivity index (χ1v) is 10.0. The van der Waals surface area contributed by atoms with Crippen molar-refractivity contribution in [3.05, 3.63) is 94.5 Å². The molecule has 0 heterocycles. The van der Waals surface area contributed by atoms with Crippen LogP contribution in [-0.2, 0) is 30.2 Å². The molecule has 1 amide bonds. The third-order valence-electron chi connectivity index (χ3n) is 4.70. The largest absolute Gasteiger partial charge is 0.507 e. The van der Waals surface area contributed by atoms with Gasteiger partial charge in [-0.2, -0.15) is 26.3 Å². The Kier molecular flexibility index (Phi) is 7.68. The van der Waals surface area contributed by atoms with Crippen LogP contribution < -0.4 is 5.32 Å². The second-order valence-electron chi connectivity index (χ2n) is 7.35. The lowest BCUT2D eigenvalue weighted by Crippen LogP contribution is -2.16. The number of hydrogen-bond acceptors (Lipinski definition) is 4. The average Bonchev–Trinajstić information content (AvgIpc) is 2.79. The quantitative estimate of drug-likeness (QED) is 0.225. The molecule has 3 aromatic carbocycles. The molecule has 3 aromatic rings. The summed E-state index contributed by atoms with van der Waals surface area (Å²) in [6.07, 6.45) is -8.55. The van der Waals surface area contributed by atoms with E-state index in [2.05, 4.69) is 5.16 Å². The highest BCUT2D eigenvalue weighted by molar-refractivity contribution is 6.06. The first-order chi connectivity index (χ1) is 16.4. The van der Waals surface area contributed by atoms with Gasteiger partial charge in [0.15, 0.2) is 0 Å². The molecular weight excluding hydrogens is 478 g/mol. The SMILES string of the molecule is O=C(Nc1cc(C(F)(F)F)cc(C(F)(F)F)c1)c1cc(CC=NOCc2ccccc2)ccc1O. The molecule has 0 saturated carbocycles. The van der Waals surface area contributed by atoms with Gasteiger partial charge in [-0.25, -0.2) is 0 Å². The normalized spacial score (nSPS) is 12.1. The van der Waals surface area contributed by atoms with Crippen LogP contribution in [0.1, 0.15) is 32.6 Å². The molecule has 0 aliphatic heterocycles. The van der Waals surface area contributed by atoms with E-state index in [-0.39, 0.29) is 24.7 Å². The van der Waals surface area contributed by atoms with Crippen LogP contribution in [0.5, 0.6) is 5.75 Å². The maximum atomic E-state index is 13.0. The van der Waals surface area contributed by atoms with Gasteiger partial charge in [-0.05, 0) is 41.5 Å². The zero-order valence-electron chi connectivity index (χ0n) is 17.8. The summed E-state index contributed by atoms with van der Waals surface area (Å²) in [6.45, 7) is 0.234. The van der Waals surface area contributed by atoms with E-state index in [4.69, 9.17) is 4.84 Å². The number of amides is 1. The van der Waals surface area contributed by atoms with Crippen LogP contribution in [0.3, 0.4) is 0 Å². The summed E-state index contributed by atoms with van der Waals surface area (Å²) >= 11 is 0. The number of carbonyl (C=O) groups excluding carboxylic acids is 1. The van der Waals surface area contributed by atoms with Gasteiger partial charge in [0.25, 0.3) is 5.91 Å². The molecular formula is C24H18F6N2O3. The maximum absolute atomic E-state index is 13.0. The number of anilines is 1. The van der Waals surface area contributed by atoms with Crippen LogP contribution in [-0.4, -0.2) is 17.2 Å². The van der Waals surface area contributed by atoms with Crippen LogP contribution in [0, 0.1) is 0 Å². The number of benzene rings is 3. The van der Waals surface area contributed by atoms with Crippen LogP contribution in [0.25, 0.3) is 0 Å².